The molecule has 0 radical (unpaired) electrons. The first-order valence-corrected chi connectivity index (χ1v) is 9.64. The highest BCUT2D eigenvalue weighted by Gasteiger charge is 2.22. The molecule has 8 heteroatoms. The van der Waals surface area contributed by atoms with E-state index in [0.717, 1.165) is 49.7 Å². The summed E-state index contributed by atoms with van der Waals surface area (Å²) in [7, 11) is 0. The van der Waals surface area contributed by atoms with E-state index in [4.69, 9.17) is 4.74 Å². The molecular formula is C21H27IN4O3. The number of nitrogens with zero attached hydrogens (tertiary/aromatic N) is 3. The van der Waals surface area contributed by atoms with Crippen LogP contribution in [0.25, 0.3) is 0 Å². The van der Waals surface area contributed by atoms with Crippen LogP contribution in [0.1, 0.15) is 25.3 Å². The van der Waals surface area contributed by atoms with E-state index >= 15 is 0 Å². The highest BCUT2D eigenvalue weighted by molar-refractivity contribution is 14.0. The van der Waals surface area contributed by atoms with Crippen molar-refractivity contribution in [1.29, 1.82) is 0 Å². The first kappa shape index (κ1) is 22.9. The van der Waals surface area contributed by atoms with Crippen molar-refractivity contribution >= 4 is 35.6 Å². The quantitative estimate of drug-likeness (QED) is 0.207. The Bertz CT molecular complexity index is 809. The molecular weight excluding hydrogens is 483 g/mol. The van der Waals surface area contributed by atoms with Gasteiger partial charge in [-0.05, 0) is 24.6 Å². The van der Waals surface area contributed by atoms with Crippen molar-refractivity contribution in [3.63, 3.8) is 0 Å². The number of hydrogen-bond donors (Lipinski definition) is 1. The Morgan fingerprint density at radius 3 is 2.59 bits per heavy atom. The van der Waals surface area contributed by atoms with E-state index in [1.54, 1.807) is 12.1 Å². The molecule has 1 aliphatic rings. The number of hydrogen-bond acceptors (Lipinski definition) is 4. The minimum absolute atomic E-state index is 0. The van der Waals surface area contributed by atoms with E-state index in [0.29, 0.717) is 6.54 Å². The van der Waals surface area contributed by atoms with Crippen LogP contribution in [0.2, 0.25) is 0 Å². The maximum Gasteiger partial charge on any atom is 0.269 e. The molecule has 1 fully saturated rings. The predicted molar refractivity (Wildman–Crippen MR) is 125 cm³/mol. The number of para-hydroxylation sites is 1. The maximum atomic E-state index is 10.9. The fourth-order valence-electron chi connectivity index (χ4n) is 3.24. The molecule has 1 aliphatic heterocycles. The molecule has 0 aromatic heterocycles. The Kier molecular flexibility index (Phi) is 9.17. The van der Waals surface area contributed by atoms with Gasteiger partial charge in [0.25, 0.3) is 5.69 Å². The Labute approximate surface area is 188 Å². The van der Waals surface area contributed by atoms with Crippen molar-refractivity contribution in [2.75, 3.05) is 19.6 Å². The fourth-order valence-corrected chi connectivity index (χ4v) is 3.24. The van der Waals surface area contributed by atoms with Gasteiger partial charge in [0.2, 0.25) is 0 Å². The largest absolute Gasteiger partial charge is 0.490 e. The first-order chi connectivity index (χ1) is 13.7. The smallest absolute Gasteiger partial charge is 0.269 e. The van der Waals surface area contributed by atoms with Crippen LogP contribution < -0.4 is 10.1 Å². The third kappa shape index (κ3) is 6.88. The van der Waals surface area contributed by atoms with Gasteiger partial charge in [0.15, 0.2) is 5.96 Å². The van der Waals surface area contributed by atoms with Crippen LogP contribution in [0.3, 0.4) is 0 Å². The zero-order chi connectivity index (χ0) is 19.8. The van der Waals surface area contributed by atoms with Crippen LogP contribution in [0.4, 0.5) is 5.69 Å². The summed E-state index contributed by atoms with van der Waals surface area (Å²) in [5, 5.41) is 14.3. The standard InChI is InChI=1S/C21H26N4O3.HI/c1-2-22-21(23-16-17-7-6-8-18(15-17)25(26)27)24-13-11-20(12-14-24)28-19-9-4-3-5-10-19;/h3-10,15,20H,2,11-14,16H2,1H3,(H,22,23);1H. The highest BCUT2D eigenvalue weighted by Crippen LogP contribution is 2.19. The summed E-state index contributed by atoms with van der Waals surface area (Å²) in [5.41, 5.74) is 0.920. The number of rotatable bonds is 6. The lowest BCUT2D eigenvalue weighted by molar-refractivity contribution is -0.384. The van der Waals surface area contributed by atoms with Crippen molar-refractivity contribution in [2.45, 2.75) is 32.4 Å². The van der Waals surface area contributed by atoms with Crippen LogP contribution in [0.15, 0.2) is 59.6 Å². The van der Waals surface area contributed by atoms with Gasteiger partial charge in [-0.2, -0.15) is 0 Å². The molecule has 0 spiro atoms. The molecule has 1 saturated heterocycles. The van der Waals surface area contributed by atoms with Gasteiger partial charge in [-0.15, -0.1) is 24.0 Å². The molecule has 7 nitrogen and oxygen atoms in total. The van der Waals surface area contributed by atoms with Crippen LogP contribution >= 0.6 is 24.0 Å². The summed E-state index contributed by atoms with van der Waals surface area (Å²) < 4.78 is 6.06. The van der Waals surface area contributed by atoms with Gasteiger partial charge in [-0.25, -0.2) is 4.99 Å². The highest BCUT2D eigenvalue weighted by atomic mass is 127. The van der Waals surface area contributed by atoms with Gasteiger partial charge in [0.1, 0.15) is 11.9 Å². The summed E-state index contributed by atoms with van der Waals surface area (Å²) in [5.74, 6) is 1.75. The summed E-state index contributed by atoms with van der Waals surface area (Å²) >= 11 is 0. The topological polar surface area (TPSA) is 80.0 Å². The zero-order valence-electron chi connectivity index (χ0n) is 16.5. The average molecular weight is 510 g/mol. The van der Waals surface area contributed by atoms with Crippen LogP contribution in [0, 0.1) is 10.1 Å². The van der Waals surface area contributed by atoms with Crippen molar-refractivity contribution in [2.24, 2.45) is 4.99 Å². The number of nitro groups is 1. The molecule has 2 aromatic rings. The minimum Gasteiger partial charge on any atom is -0.490 e. The predicted octanol–water partition coefficient (Wildman–Crippen LogP) is 4.22. The molecule has 156 valence electrons. The van der Waals surface area contributed by atoms with E-state index in [9.17, 15) is 10.1 Å². The molecule has 0 aliphatic carbocycles. The number of nitro benzene ring substituents is 1. The minimum atomic E-state index is -0.379. The normalized spacial score (nSPS) is 14.8. The van der Waals surface area contributed by atoms with Crippen LogP contribution in [-0.2, 0) is 6.54 Å². The number of piperidine rings is 1. The van der Waals surface area contributed by atoms with Gasteiger partial charge in [-0.1, -0.05) is 30.3 Å². The fraction of sp³-hybridized carbons (Fsp3) is 0.381. The molecule has 3 rings (SSSR count). The lowest BCUT2D eigenvalue weighted by Gasteiger charge is -2.34. The first-order valence-electron chi connectivity index (χ1n) is 9.64. The van der Waals surface area contributed by atoms with E-state index < -0.39 is 0 Å². The van der Waals surface area contributed by atoms with Gasteiger partial charge < -0.3 is 15.0 Å². The van der Waals surface area contributed by atoms with Crippen LogP contribution in [-0.4, -0.2) is 41.5 Å². The summed E-state index contributed by atoms with van der Waals surface area (Å²) in [6.07, 6.45) is 2.06. The molecule has 1 N–H and O–H groups in total. The zero-order valence-corrected chi connectivity index (χ0v) is 18.8. The number of ether oxygens (including phenoxy) is 1. The molecule has 0 saturated carbocycles. The lowest BCUT2D eigenvalue weighted by atomic mass is 10.1. The van der Waals surface area contributed by atoms with Crippen molar-refractivity contribution in [3.8, 4) is 5.75 Å². The number of likely N-dealkylation sites (tertiary alicyclic amines) is 1. The second-order valence-electron chi connectivity index (χ2n) is 6.71. The molecule has 2 aromatic carbocycles. The average Bonchev–Trinajstić information content (AvgIpc) is 2.73. The SMILES string of the molecule is CCNC(=NCc1cccc([N+](=O)[O-])c1)N1CCC(Oc2ccccc2)CC1.I. The number of halogens is 1. The molecule has 0 unspecified atom stereocenters. The van der Waals surface area contributed by atoms with E-state index in [1.165, 1.54) is 6.07 Å². The number of benzene rings is 2. The van der Waals surface area contributed by atoms with Crippen LogP contribution in [0.5, 0.6) is 5.75 Å². The van der Waals surface area contributed by atoms with Crippen molar-refractivity contribution in [1.82, 2.24) is 10.2 Å². The van der Waals surface area contributed by atoms with Crippen molar-refractivity contribution in [3.05, 3.63) is 70.3 Å². The Morgan fingerprint density at radius 2 is 1.93 bits per heavy atom. The number of aliphatic imine (C=N–C) groups is 1. The Balaban J connectivity index is 0.00000300. The maximum absolute atomic E-state index is 10.9. The van der Waals surface area contributed by atoms with Gasteiger partial charge in [0.05, 0.1) is 11.5 Å². The summed E-state index contributed by atoms with van der Waals surface area (Å²) in [6.45, 7) is 4.93. The third-order valence-electron chi connectivity index (χ3n) is 4.66. The number of non-ortho nitro benzene ring substituents is 1. The molecule has 0 amide bonds. The number of guanidine groups is 1. The molecule has 0 bridgehead atoms. The molecule has 1 heterocycles. The van der Waals surface area contributed by atoms with Crippen molar-refractivity contribution < 1.29 is 9.66 Å². The Hall–Kier alpha value is -2.36. The van der Waals surface area contributed by atoms with E-state index in [2.05, 4.69) is 15.2 Å². The third-order valence-corrected chi connectivity index (χ3v) is 4.66. The Morgan fingerprint density at radius 1 is 1.21 bits per heavy atom. The number of nitrogens with one attached hydrogen (secondary N) is 1. The second-order valence-corrected chi connectivity index (χ2v) is 6.71. The van der Waals surface area contributed by atoms with E-state index in [-0.39, 0.29) is 40.7 Å². The lowest BCUT2D eigenvalue weighted by Crippen LogP contribution is -2.47. The van der Waals surface area contributed by atoms with Gasteiger partial charge >= 0.3 is 0 Å². The second kappa shape index (κ2) is 11.6. The summed E-state index contributed by atoms with van der Waals surface area (Å²) in [6, 6.07) is 16.5. The van der Waals surface area contributed by atoms with Gasteiger partial charge in [-0.3, -0.25) is 10.1 Å². The molecule has 29 heavy (non-hydrogen) atoms. The monoisotopic (exact) mass is 510 g/mol. The molecule has 0 atom stereocenters. The van der Waals surface area contributed by atoms with E-state index in [1.807, 2.05) is 43.3 Å². The summed E-state index contributed by atoms with van der Waals surface area (Å²) in [4.78, 5) is 17.5. The van der Waals surface area contributed by atoms with Gasteiger partial charge in [0, 0.05) is 44.6 Å².